The second kappa shape index (κ2) is 9.14. The molecule has 0 aliphatic heterocycles. The summed E-state index contributed by atoms with van der Waals surface area (Å²) in [5.41, 5.74) is -0.620. The van der Waals surface area contributed by atoms with Crippen molar-refractivity contribution in [3.05, 3.63) is 56.3 Å². The molecule has 0 fully saturated rings. The Morgan fingerprint density at radius 2 is 1.97 bits per heavy atom. The van der Waals surface area contributed by atoms with Gasteiger partial charge in [-0.3, -0.25) is 0 Å². The monoisotopic (exact) mass is 496 g/mol. The molecule has 0 saturated heterocycles. The van der Waals surface area contributed by atoms with Gasteiger partial charge in [-0.15, -0.1) is 11.3 Å². The number of anilines is 2. The van der Waals surface area contributed by atoms with Gasteiger partial charge in [0.1, 0.15) is 10.6 Å². The molecule has 11 heteroatoms. The van der Waals surface area contributed by atoms with Gasteiger partial charge < -0.3 is 19.8 Å². The van der Waals surface area contributed by atoms with E-state index in [0.29, 0.717) is 22.3 Å². The molecule has 0 spiro atoms. The normalized spacial score (nSPS) is 13.5. The maximum absolute atomic E-state index is 13.2. The third-order valence-corrected chi connectivity index (χ3v) is 6.60. The summed E-state index contributed by atoms with van der Waals surface area (Å²) < 4.78 is 49.9. The summed E-state index contributed by atoms with van der Waals surface area (Å²) in [6.45, 7) is 1.98. The number of hydrogen-bond acceptors (Lipinski definition) is 6. The first-order valence-electron chi connectivity index (χ1n) is 10.2. The maximum atomic E-state index is 13.2. The van der Waals surface area contributed by atoms with Crippen LogP contribution in [0.2, 0.25) is 0 Å². The van der Waals surface area contributed by atoms with Crippen molar-refractivity contribution in [1.29, 1.82) is 0 Å². The van der Waals surface area contributed by atoms with E-state index in [1.54, 1.807) is 6.92 Å². The number of thiophene rings is 1. The van der Waals surface area contributed by atoms with Gasteiger partial charge in [0.2, 0.25) is 0 Å². The average molecular weight is 497 g/mol. The Kier molecular flexibility index (Phi) is 6.44. The minimum atomic E-state index is -4.69. The zero-order valence-corrected chi connectivity index (χ0v) is 19.1. The Morgan fingerprint density at radius 3 is 2.70 bits per heavy atom. The number of nitrogens with one attached hydrogen (secondary N) is 2. The number of carbonyl (C=O) groups is 1. The van der Waals surface area contributed by atoms with Crippen molar-refractivity contribution in [3.8, 4) is 0 Å². The number of aryl methyl sites for hydroxylation is 1. The number of fused-ring (bicyclic) bond motifs is 2. The molecule has 1 aliphatic rings. The number of rotatable bonds is 4. The van der Waals surface area contributed by atoms with Crippen molar-refractivity contribution in [2.75, 3.05) is 17.2 Å². The summed E-state index contributed by atoms with van der Waals surface area (Å²) in [5.74, 6) is -0.422. The van der Waals surface area contributed by atoms with Crippen molar-refractivity contribution in [2.45, 2.75) is 38.8 Å². The van der Waals surface area contributed by atoms with E-state index < -0.39 is 23.3 Å². The summed E-state index contributed by atoms with van der Waals surface area (Å²) in [4.78, 5) is 25.3. The first kappa shape index (κ1) is 23.2. The lowest BCUT2D eigenvalue weighted by Gasteiger charge is -2.14. The number of hydrogen-bond donors (Lipinski definition) is 2. The fraction of sp³-hybridized carbons (Fsp3) is 0.318. The number of carbonyl (C=O) groups excluding carboxylic acids is 1. The number of esters is 1. The molecular formula is C22H19F3N2O4S2. The van der Waals surface area contributed by atoms with Gasteiger partial charge in [0, 0.05) is 28.1 Å². The fourth-order valence-corrected chi connectivity index (χ4v) is 5.38. The lowest BCUT2D eigenvalue weighted by Crippen LogP contribution is -2.20. The Hall–Kier alpha value is -2.92. The predicted molar refractivity (Wildman–Crippen MR) is 124 cm³/mol. The lowest BCUT2D eigenvalue weighted by molar-refractivity contribution is -0.136. The van der Waals surface area contributed by atoms with Crippen LogP contribution in [0.25, 0.3) is 11.0 Å². The fourth-order valence-electron chi connectivity index (χ4n) is 3.81. The van der Waals surface area contributed by atoms with Crippen molar-refractivity contribution >= 4 is 56.3 Å². The van der Waals surface area contributed by atoms with Crippen LogP contribution in [0.4, 0.5) is 23.9 Å². The van der Waals surface area contributed by atoms with Gasteiger partial charge in [-0.2, -0.15) is 13.2 Å². The molecular weight excluding hydrogens is 477 g/mol. The quantitative estimate of drug-likeness (QED) is 0.271. The van der Waals surface area contributed by atoms with E-state index >= 15 is 0 Å². The molecule has 2 N–H and O–H groups in total. The van der Waals surface area contributed by atoms with E-state index in [4.69, 9.17) is 21.4 Å². The highest BCUT2D eigenvalue weighted by atomic mass is 32.1. The van der Waals surface area contributed by atoms with E-state index in [-0.39, 0.29) is 22.7 Å². The smallest absolute Gasteiger partial charge is 0.417 e. The molecule has 0 atom stereocenters. The summed E-state index contributed by atoms with van der Waals surface area (Å²) in [6, 6.07) is 4.31. The summed E-state index contributed by atoms with van der Waals surface area (Å²) in [6.07, 6.45) is -1.00. The highest BCUT2D eigenvalue weighted by Crippen LogP contribution is 2.39. The molecule has 4 rings (SSSR count). The summed E-state index contributed by atoms with van der Waals surface area (Å²) in [7, 11) is 0. The van der Waals surface area contributed by atoms with Gasteiger partial charge in [-0.25, -0.2) is 9.59 Å². The third-order valence-electron chi connectivity index (χ3n) is 5.19. The minimum Gasteiger partial charge on any atom is -0.462 e. The van der Waals surface area contributed by atoms with Crippen LogP contribution >= 0.6 is 23.6 Å². The van der Waals surface area contributed by atoms with E-state index in [1.807, 2.05) is 0 Å². The van der Waals surface area contributed by atoms with E-state index in [0.717, 1.165) is 36.1 Å². The number of alkyl halides is 3. The van der Waals surface area contributed by atoms with Gasteiger partial charge in [-0.1, -0.05) is 0 Å². The predicted octanol–water partition coefficient (Wildman–Crippen LogP) is 5.74. The van der Waals surface area contributed by atoms with Crippen LogP contribution in [-0.2, 0) is 23.8 Å². The van der Waals surface area contributed by atoms with Gasteiger partial charge in [0.15, 0.2) is 5.11 Å². The molecule has 0 radical (unpaired) electrons. The van der Waals surface area contributed by atoms with Gasteiger partial charge in [0.05, 0.1) is 17.7 Å². The lowest BCUT2D eigenvalue weighted by atomic mass is 9.95. The molecule has 0 saturated carbocycles. The van der Waals surface area contributed by atoms with Crippen LogP contribution in [0, 0.1) is 0 Å². The van der Waals surface area contributed by atoms with Crippen LogP contribution in [0.5, 0.6) is 0 Å². The molecule has 3 aromatic rings. The molecule has 1 aliphatic carbocycles. The van der Waals surface area contributed by atoms with Crippen molar-refractivity contribution in [2.24, 2.45) is 0 Å². The second-order valence-corrected chi connectivity index (χ2v) is 8.92. The second-order valence-electron chi connectivity index (χ2n) is 7.40. The molecule has 0 bridgehead atoms. The molecule has 174 valence electrons. The topological polar surface area (TPSA) is 80.6 Å². The zero-order valence-electron chi connectivity index (χ0n) is 17.4. The van der Waals surface area contributed by atoms with E-state index in [2.05, 4.69) is 10.6 Å². The van der Waals surface area contributed by atoms with Crippen LogP contribution in [0.1, 0.15) is 46.1 Å². The molecule has 33 heavy (non-hydrogen) atoms. The summed E-state index contributed by atoms with van der Waals surface area (Å²) in [5, 5.41) is 6.34. The molecule has 0 unspecified atom stereocenters. The van der Waals surface area contributed by atoms with Gasteiger partial charge in [0.25, 0.3) is 0 Å². The Morgan fingerprint density at radius 1 is 1.21 bits per heavy atom. The van der Waals surface area contributed by atoms with Crippen LogP contribution in [0.3, 0.4) is 0 Å². The number of halogens is 3. The van der Waals surface area contributed by atoms with Crippen molar-refractivity contribution in [3.63, 3.8) is 0 Å². The Balaban J connectivity index is 1.60. The molecule has 1 aromatic carbocycles. The third kappa shape index (κ3) is 4.88. The van der Waals surface area contributed by atoms with Gasteiger partial charge in [-0.05, 0) is 62.5 Å². The standard InChI is InChI=1S/C22H19F3N2O4S2/c1-2-30-20(29)18-13-5-3-4-6-16(13)33-19(18)27-21(32)26-11-7-8-12-14(22(23,24)25)10-17(28)31-15(12)9-11/h7-10H,2-6H2,1H3,(H2,26,27,32). The van der Waals surface area contributed by atoms with E-state index in [1.165, 1.54) is 29.5 Å². The van der Waals surface area contributed by atoms with Crippen molar-refractivity contribution in [1.82, 2.24) is 0 Å². The highest BCUT2D eigenvalue weighted by molar-refractivity contribution is 7.80. The minimum absolute atomic E-state index is 0.132. The maximum Gasteiger partial charge on any atom is 0.417 e. The Bertz CT molecular complexity index is 1300. The number of benzene rings is 1. The summed E-state index contributed by atoms with van der Waals surface area (Å²) >= 11 is 6.80. The molecule has 6 nitrogen and oxygen atoms in total. The van der Waals surface area contributed by atoms with Crippen LogP contribution in [-0.4, -0.2) is 17.7 Å². The first-order valence-corrected chi connectivity index (χ1v) is 11.4. The molecule has 0 amide bonds. The number of thiocarbonyl (C=S) groups is 1. The van der Waals surface area contributed by atoms with Crippen molar-refractivity contribution < 1.29 is 27.1 Å². The highest BCUT2D eigenvalue weighted by Gasteiger charge is 2.34. The van der Waals surface area contributed by atoms with Gasteiger partial charge >= 0.3 is 17.8 Å². The number of ether oxygens (including phenoxy) is 1. The zero-order chi connectivity index (χ0) is 23.8. The first-order chi connectivity index (χ1) is 15.7. The van der Waals surface area contributed by atoms with Crippen LogP contribution < -0.4 is 16.3 Å². The van der Waals surface area contributed by atoms with Crippen LogP contribution in [0.15, 0.2) is 33.5 Å². The molecule has 2 aromatic heterocycles. The average Bonchev–Trinajstić information content (AvgIpc) is 3.10. The molecule has 2 heterocycles. The SMILES string of the molecule is CCOC(=O)c1c(NC(=S)Nc2ccc3c(C(F)(F)F)cc(=O)oc3c2)sc2c1CCCC2. The van der Waals surface area contributed by atoms with E-state index in [9.17, 15) is 22.8 Å². The Labute approximate surface area is 195 Å². The largest absolute Gasteiger partial charge is 0.462 e.